The average molecular weight is 628 g/mol. The molecule has 3 aliphatic rings. The van der Waals surface area contributed by atoms with E-state index in [0.717, 1.165) is 25.7 Å². The third-order valence-electron chi connectivity index (χ3n) is 11.9. The Morgan fingerprint density at radius 2 is 0.735 bits per heavy atom. The van der Waals surface area contributed by atoms with Crippen molar-refractivity contribution in [1.29, 1.82) is 0 Å². The third kappa shape index (κ3) is 4.18. The Labute approximate surface area is 289 Å². The van der Waals surface area contributed by atoms with Gasteiger partial charge in [-0.25, -0.2) is 0 Å². The lowest BCUT2D eigenvalue weighted by atomic mass is 9.57. The Kier molecular flexibility index (Phi) is 6.33. The van der Waals surface area contributed by atoms with Gasteiger partial charge in [0.25, 0.3) is 0 Å². The van der Waals surface area contributed by atoms with Crippen molar-refractivity contribution in [3.05, 3.63) is 198 Å². The standard InChI is InChI=1S/C48H37N/c1-3-14-34(15-4-1)35-16-13-19-37(32-35)49(36-17-5-2-6-18-36)38-26-27-42-41-22-9-12-25-45(41)48(46(42)33-38)30-28-47(29-31-48)43-23-10-7-20-39(43)40-21-8-11-24-44(40)47/h1-27,32-33H,28-31H2. The topological polar surface area (TPSA) is 3.24 Å². The summed E-state index contributed by atoms with van der Waals surface area (Å²) in [6, 6.07) is 65.4. The van der Waals surface area contributed by atoms with E-state index in [0.29, 0.717) is 0 Å². The molecule has 2 spiro atoms. The highest BCUT2D eigenvalue weighted by molar-refractivity contribution is 5.87. The molecule has 3 aliphatic carbocycles. The molecule has 7 aromatic carbocycles. The predicted octanol–water partition coefficient (Wildman–Crippen LogP) is 12.6. The van der Waals surface area contributed by atoms with Crippen LogP contribution in [0.4, 0.5) is 17.1 Å². The molecule has 1 saturated carbocycles. The average Bonchev–Trinajstić information content (AvgIpc) is 3.60. The molecule has 1 heteroatoms. The van der Waals surface area contributed by atoms with Gasteiger partial charge in [0.2, 0.25) is 0 Å². The SMILES string of the molecule is c1ccc(-c2cccc(N(c3ccccc3)c3ccc4c(c3)C3(CCC5(CC3)c3ccccc3-c3ccccc35)c3ccccc3-4)c2)cc1. The second-order valence-electron chi connectivity index (χ2n) is 14.1. The van der Waals surface area contributed by atoms with Gasteiger partial charge in [0.1, 0.15) is 0 Å². The molecule has 0 radical (unpaired) electrons. The van der Waals surface area contributed by atoms with Gasteiger partial charge in [-0.2, -0.15) is 0 Å². The number of para-hydroxylation sites is 1. The smallest absolute Gasteiger partial charge is 0.0467 e. The first kappa shape index (κ1) is 28.4. The van der Waals surface area contributed by atoms with E-state index in [9.17, 15) is 0 Å². The van der Waals surface area contributed by atoms with Gasteiger partial charge in [-0.05, 0) is 118 Å². The highest BCUT2D eigenvalue weighted by atomic mass is 15.1. The van der Waals surface area contributed by atoms with E-state index in [1.165, 1.54) is 72.7 Å². The molecule has 7 aromatic rings. The van der Waals surface area contributed by atoms with E-state index in [2.05, 4.69) is 181 Å². The first-order valence-electron chi connectivity index (χ1n) is 17.7. The predicted molar refractivity (Wildman–Crippen MR) is 204 cm³/mol. The molecule has 1 fully saturated rings. The molecule has 0 N–H and O–H groups in total. The molecule has 0 heterocycles. The molecule has 0 saturated heterocycles. The van der Waals surface area contributed by atoms with Gasteiger partial charge in [-0.3, -0.25) is 0 Å². The third-order valence-corrected chi connectivity index (χ3v) is 11.9. The van der Waals surface area contributed by atoms with Crippen molar-refractivity contribution in [1.82, 2.24) is 0 Å². The van der Waals surface area contributed by atoms with Crippen molar-refractivity contribution in [2.24, 2.45) is 0 Å². The van der Waals surface area contributed by atoms with Crippen LogP contribution in [0.15, 0.2) is 176 Å². The quantitative estimate of drug-likeness (QED) is 0.188. The lowest BCUT2D eigenvalue weighted by molar-refractivity contribution is 0.265. The molecule has 0 amide bonds. The first-order chi connectivity index (χ1) is 24.3. The van der Waals surface area contributed by atoms with Crippen molar-refractivity contribution >= 4 is 17.1 Å². The van der Waals surface area contributed by atoms with Crippen LogP contribution in [0.5, 0.6) is 0 Å². The van der Waals surface area contributed by atoms with Crippen LogP contribution in [-0.2, 0) is 10.8 Å². The monoisotopic (exact) mass is 627 g/mol. The largest absolute Gasteiger partial charge is 0.310 e. The van der Waals surface area contributed by atoms with Crippen molar-refractivity contribution in [2.45, 2.75) is 36.5 Å². The zero-order chi connectivity index (χ0) is 32.4. The number of hydrogen-bond donors (Lipinski definition) is 0. The fourth-order valence-electron chi connectivity index (χ4n) is 9.66. The lowest BCUT2D eigenvalue weighted by Gasteiger charge is -2.45. The highest BCUT2D eigenvalue weighted by Gasteiger charge is 2.53. The van der Waals surface area contributed by atoms with E-state index in [1.807, 2.05) is 0 Å². The molecule has 10 rings (SSSR count). The van der Waals surface area contributed by atoms with E-state index in [-0.39, 0.29) is 10.8 Å². The Balaban J connectivity index is 1.11. The van der Waals surface area contributed by atoms with Crippen LogP contribution in [0.2, 0.25) is 0 Å². The molecular weight excluding hydrogens is 591 g/mol. The van der Waals surface area contributed by atoms with Crippen LogP contribution in [0.1, 0.15) is 47.9 Å². The summed E-state index contributed by atoms with van der Waals surface area (Å²) in [5, 5.41) is 0. The summed E-state index contributed by atoms with van der Waals surface area (Å²) in [5.74, 6) is 0. The van der Waals surface area contributed by atoms with Gasteiger partial charge >= 0.3 is 0 Å². The minimum absolute atomic E-state index is 0.0199. The van der Waals surface area contributed by atoms with Gasteiger partial charge in [-0.15, -0.1) is 0 Å². The lowest BCUT2D eigenvalue weighted by Crippen LogP contribution is -2.39. The maximum Gasteiger partial charge on any atom is 0.0467 e. The molecule has 0 bridgehead atoms. The van der Waals surface area contributed by atoms with Gasteiger partial charge in [0, 0.05) is 27.9 Å². The van der Waals surface area contributed by atoms with E-state index < -0.39 is 0 Å². The van der Waals surface area contributed by atoms with E-state index in [1.54, 1.807) is 0 Å². The summed E-state index contributed by atoms with van der Waals surface area (Å²) in [6.45, 7) is 0. The minimum Gasteiger partial charge on any atom is -0.310 e. The normalized spacial score (nSPS) is 15.8. The Hall–Kier alpha value is -5.66. The van der Waals surface area contributed by atoms with Crippen LogP contribution in [0.25, 0.3) is 33.4 Å². The zero-order valence-electron chi connectivity index (χ0n) is 27.5. The maximum absolute atomic E-state index is 2.53. The van der Waals surface area contributed by atoms with Crippen LogP contribution in [0.3, 0.4) is 0 Å². The molecule has 0 unspecified atom stereocenters. The highest BCUT2D eigenvalue weighted by Crippen LogP contribution is 2.63. The molecule has 0 aliphatic heterocycles. The van der Waals surface area contributed by atoms with Crippen LogP contribution >= 0.6 is 0 Å². The van der Waals surface area contributed by atoms with E-state index >= 15 is 0 Å². The number of fused-ring (bicyclic) bond motifs is 10. The second-order valence-corrected chi connectivity index (χ2v) is 14.1. The van der Waals surface area contributed by atoms with Gasteiger partial charge in [0.15, 0.2) is 0 Å². The van der Waals surface area contributed by atoms with Crippen LogP contribution < -0.4 is 4.90 Å². The number of benzene rings is 7. The molecular formula is C48H37N. The van der Waals surface area contributed by atoms with Crippen molar-refractivity contribution in [2.75, 3.05) is 4.90 Å². The Bertz CT molecular complexity index is 2300. The molecule has 234 valence electrons. The van der Waals surface area contributed by atoms with Gasteiger partial charge in [-0.1, -0.05) is 140 Å². The summed E-state index contributed by atoms with van der Waals surface area (Å²) in [7, 11) is 0. The van der Waals surface area contributed by atoms with Crippen molar-refractivity contribution < 1.29 is 0 Å². The Morgan fingerprint density at radius 1 is 0.306 bits per heavy atom. The van der Waals surface area contributed by atoms with E-state index in [4.69, 9.17) is 0 Å². The summed E-state index contributed by atoms with van der Waals surface area (Å²) >= 11 is 0. The fourth-order valence-corrected chi connectivity index (χ4v) is 9.66. The molecule has 0 atom stereocenters. The number of hydrogen-bond acceptors (Lipinski definition) is 1. The maximum atomic E-state index is 2.53. The molecule has 49 heavy (non-hydrogen) atoms. The summed E-state index contributed by atoms with van der Waals surface area (Å²) in [6.07, 6.45) is 4.52. The second kappa shape index (κ2) is 10.9. The number of nitrogens with zero attached hydrogens (tertiary/aromatic N) is 1. The summed E-state index contributed by atoms with van der Waals surface area (Å²) < 4.78 is 0. The summed E-state index contributed by atoms with van der Waals surface area (Å²) in [5.41, 5.74) is 17.8. The Morgan fingerprint density at radius 3 is 1.33 bits per heavy atom. The fraction of sp³-hybridized carbons (Fsp3) is 0.125. The van der Waals surface area contributed by atoms with Crippen molar-refractivity contribution in [3.8, 4) is 33.4 Å². The number of anilines is 3. The zero-order valence-corrected chi connectivity index (χ0v) is 27.5. The molecule has 0 aromatic heterocycles. The minimum atomic E-state index is -0.0199. The van der Waals surface area contributed by atoms with Crippen LogP contribution in [-0.4, -0.2) is 0 Å². The van der Waals surface area contributed by atoms with Crippen LogP contribution in [0, 0.1) is 0 Å². The van der Waals surface area contributed by atoms with Gasteiger partial charge < -0.3 is 4.90 Å². The number of rotatable bonds is 4. The summed E-state index contributed by atoms with van der Waals surface area (Å²) in [4.78, 5) is 2.44. The molecule has 1 nitrogen and oxygen atoms in total. The van der Waals surface area contributed by atoms with Crippen molar-refractivity contribution in [3.63, 3.8) is 0 Å². The van der Waals surface area contributed by atoms with Gasteiger partial charge in [0.05, 0.1) is 0 Å². The first-order valence-corrected chi connectivity index (χ1v) is 17.7.